The first-order valence-electron chi connectivity index (χ1n) is 6.61. The minimum atomic E-state index is -1.15. The molecule has 0 fully saturated rings. The molecule has 0 aliphatic carbocycles. The summed E-state index contributed by atoms with van der Waals surface area (Å²) in [6, 6.07) is 6.89. The van der Waals surface area contributed by atoms with Gasteiger partial charge < -0.3 is 14.5 Å². The van der Waals surface area contributed by atoms with Gasteiger partial charge in [-0.3, -0.25) is 4.79 Å². The summed E-state index contributed by atoms with van der Waals surface area (Å²) >= 11 is 0. The van der Waals surface area contributed by atoms with E-state index in [1.807, 2.05) is 26.0 Å². The third-order valence-corrected chi connectivity index (χ3v) is 3.58. The highest BCUT2D eigenvalue weighted by Gasteiger charge is 2.29. The van der Waals surface area contributed by atoms with Crippen LogP contribution in [0.25, 0.3) is 11.3 Å². The molecule has 6 nitrogen and oxygen atoms in total. The maximum atomic E-state index is 12.3. The van der Waals surface area contributed by atoms with Crippen LogP contribution in [0, 0.1) is 0 Å². The van der Waals surface area contributed by atoms with Crippen molar-refractivity contribution in [3.05, 3.63) is 41.1 Å². The molecule has 1 amide bonds. The quantitative estimate of drug-likeness (QED) is 0.936. The van der Waals surface area contributed by atoms with Crippen LogP contribution in [0.3, 0.4) is 0 Å². The predicted molar refractivity (Wildman–Crippen MR) is 73.9 cm³/mol. The lowest BCUT2D eigenvalue weighted by Crippen LogP contribution is -2.30. The van der Waals surface area contributed by atoms with Gasteiger partial charge in [0.2, 0.25) is 0 Å². The van der Waals surface area contributed by atoms with Crippen LogP contribution in [-0.2, 0) is 6.54 Å². The molecule has 0 atom stereocenters. The largest absolute Gasteiger partial charge is 0.476 e. The van der Waals surface area contributed by atoms with Gasteiger partial charge in [-0.25, -0.2) is 4.79 Å². The van der Waals surface area contributed by atoms with Gasteiger partial charge >= 0.3 is 5.97 Å². The third kappa shape index (κ3) is 2.18. The Morgan fingerprint density at radius 1 is 1.38 bits per heavy atom. The Bertz CT molecular complexity index is 733. The first kappa shape index (κ1) is 13.4. The molecule has 6 heteroatoms. The molecule has 2 aromatic rings. The number of amides is 1. The van der Waals surface area contributed by atoms with E-state index in [1.54, 1.807) is 11.0 Å². The van der Waals surface area contributed by atoms with E-state index in [0.29, 0.717) is 23.4 Å². The lowest BCUT2D eigenvalue weighted by molar-refractivity contribution is 0.0684. The lowest BCUT2D eigenvalue weighted by atomic mass is 10.0. The van der Waals surface area contributed by atoms with Crippen molar-refractivity contribution in [1.82, 2.24) is 10.1 Å². The van der Waals surface area contributed by atoms with Crippen molar-refractivity contribution in [3.63, 3.8) is 0 Å². The van der Waals surface area contributed by atoms with Crippen molar-refractivity contribution in [2.24, 2.45) is 0 Å². The van der Waals surface area contributed by atoms with Crippen LogP contribution in [-0.4, -0.2) is 33.1 Å². The molecule has 1 N–H and O–H groups in total. The van der Waals surface area contributed by atoms with Crippen molar-refractivity contribution in [3.8, 4) is 11.3 Å². The smallest absolute Gasteiger partial charge is 0.358 e. The van der Waals surface area contributed by atoms with Gasteiger partial charge in [0.25, 0.3) is 5.91 Å². The van der Waals surface area contributed by atoms with Crippen LogP contribution in [0.1, 0.15) is 40.3 Å². The van der Waals surface area contributed by atoms with Crippen molar-refractivity contribution < 1.29 is 19.2 Å². The Morgan fingerprint density at radius 2 is 2.14 bits per heavy atom. The van der Waals surface area contributed by atoms with E-state index in [-0.39, 0.29) is 17.6 Å². The number of nitrogens with zero attached hydrogens (tertiary/aromatic N) is 2. The summed E-state index contributed by atoms with van der Waals surface area (Å²) in [6.07, 6.45) is 0. The van der Waals surface area contributed by atoms with Gasteiger partial charge in [0.05, 0.1) is 0 Å². The molecule has 0 saturated heterocycles. The second-order valence-electron chi connectivity index (χ2n) is 5.28. The van der Waals surface area contributed by atoms with E-state index in [9.17, 15) is 9.59 Å². The van der Waals surface area contributed by atoms with Gasteiger partial charge in [0, 0.05) is 29.8 Å². The molecular formula is C15H14N2O4. The minimum Gasteiger partial charge on any atom is -0.476 e. The van der Waals surface area contributed by atoms with E-state index in [2.05, 4.69) is 5.16 Å². The first-order valence-corrected chi connectivity index (χ1v) is 6.61. The van der Waals surface area contributed by atoms with Gasteiger partial charge in [-0.05, 0) is 25.5 Å². The van der Waals surface area contributed by atoms with E-state index in [0.717, 1.165) is 5.56 Å². The number of carboxylic acids is 1. The molecule has 0 radical (unpaired) electrons. The summed E-state index contributed by atoms with van der Waals surface area (Å²) < 4.78 is 5.03. The highest BCUT2D eigenvalue weighted by Crippen LogP contribution is 2.29. The predicted octanol–water partition coefficient (Wildman–Crippen LogP) is 2.40. The number of hydrogen-bond donors (Lipinski definition) is 1. The molecule has 0 unspecified atom stereocenters. The molecule has 1 aliphatic heterocycles. The molecule has 2 heterocycles. The average Bonchev–Trinajstić information content (AvgIpc) is 3.04. The minimum absolute atomic E-state index is 0.0141. The van der Waals surface area contributed by atoms with Crippen molar-refractivity contribution in [1.29, 1.82) is 0 Å². The van der Waals surface area contributed by atoms with Gasteiger partial charge in [-0.2, -0.15) is 0 Å². The van der Waals surface area contributed by atoms with Gasteiger partial charge in [0.1, 0.15) is 0 Å². The first-order chi connectivity index (χ1) is 9.97. The molecule has 0 saturated carbocycles. The number of rotatable bonds is 3. The van der Waals surface area contributed by atoms with Gasteiger partial charge in [-0.15, -0.1) is 0 Å². The van der Waals surface area contributed by atoms with E-state index < -0.39 is 5.97 Å². The Labute approximate surface area is 121 Å². The molecule has 0 bridgehead atoms. The van der Waals surface area contributed by atoms with Crippen molar-refractivity contribution >= 4 is 11.9 Å². The molecule has 1 aromatic carbocycles. The zero-order chi connectivity index (χ0) is 15.1. The van der Waals surface area contributed by atoms with Crippen molar-refractivity contribution in [2.75, 3.05) is 0 Å². The second kappa shape index (κ2) is 4.73. The molecule has 21 heavy (non-hydrogen) atoms. The zero-order valence-electron chi connectivity index (χ0n) is 11.7. The Morgan fingerprint density at radius 3 is 2.76 bits per heavy atom. The Kier molecular flexibility index (Phi) is 3.01. The topological polar surface area (TPSA) is 83.6 Å². The number of benzene rings is 1. The maximum Gasteiger partial charge on any atom is 0.358 e. The van der Waals surface area contributed by atoms with Crippen LogP contribution in [0.15, 0.2) is 28.8 Å². The van der Waals surface area contributed by atoms with Gasteiger partial charge in [-0.1, -0.05) is 17.3 Å². The van der Waals surface area contributed by atoms with E-state index in [4.69, 9.17) is 9.63 Å². The van der Waals surface area contributed by atoms with Crippen LogP contribution >= 0.6 is 0 Å². The SMILES string of the molecule is CC(C)N1Cc2ccc(-c3cc(C(=O)O)no3)cc2C1=O. The number of carbonyl (C=O) groups is 2. The number of carboxylic acid groups (broad SMARTS) is 1. The van der Waals surface area contributed by atoms with E-state index >= 15 is 0 Å². The average molecular weight is 286 g/mol. The standard InChI is InChI=1S/C15H14N2O4/c1-8(2)17-7-10-4-3-9(5-11(10)14(17)18)13-6-12(15(19)20)16-21-13/h3-6,8H,7H2,1-2H3,(H,19,20). The van der Waals surface area contributed by atoms with Crippen LogP contribution in [0.5, 0.6) is 0 Å². The number of fused-ring (bicyclic) bond motifs is 1. The fourth-order valence-corrected chi connectivity index (χ4v) is 2.41. The molecule has 108 valence electrons. The highest BCUT2D eigenvalue weighted by atomic mass is 16.5. The summed E-state index contributed by atoms with van der Waals surface area (Å²) in [6.45, 7) is 4.55. The van der Waals surface area contributed by atoms with Gasteiger partial charge in [0.15, 0.2) is 11.5 Å². The summed E-state index contributed by atoms with van der Waals surface area (Å²) in [7, 11) is 0. The van der Waals surface area contributed by atoms with Crippen LogP contribution < -0.4 is 0 Å². The number of hydrogen-bond acceptors (Lipinski definition) is 4. The summed E-state index contributed by atoms with van der Waals surface area (Å²) in [5.41, 5.74) is 2.10. The van der Waals surface area contributed by atoms with Crippen LogP contribution in [0.4, 0.5) is 0 Å². The lowest BCUT2D eigenvalue weighted by Gasteiger charge is -2.19. The maximum absolute atomic E-state index is 12.3. The molecule has 0 spiro atoms. The monoisotopic (exact) mass is 286 g/mol. The third-order valence-electron chi connectivity index (χ3n) is 3.58. The summed E-state index contributed by atoms with van der Waals surface area (Å²) in [4.78, 5) is 24.9. The van der Waals surface area contributed by atoms with E-state index in [1.165, 1.54) is 6.07 Å². The number of aromatic nitrogens is 1. The zero-order valence-corrected chi connectivity index (χ0v) is 11.7. The number of aromatic carboxylic acids is 1. The molecular weight excluding hydrogens is 272 g/mol. The normalized spacial score (nSPS) is 13.9. The van der Waals surface area contributed by atoms with Crippen molar-refractivity contribution in [2.45, 2.75) is 26.4 Å². The fourth-order valence-electron chi connectivity index (χ4n) is 2.41. The molecule has 3 rings (SSSR count). The van der Waals surface area contributed by atoms with Crippen LogP contribution in [0.2, 0.25) is 0 Å². The Balaban J connectivity index is 1.98. The molecule has 1 aromatic heterocycles. The highest BCUT2D eigenvalue weighted by molar-refractivity contribution is 5.99. The number of carbonyl (C=O) groups excluding carboxylic acids is 1. The molecule has 1 aliphatic rings. The second-order valence-corrected chi connectivity index (χ2v) is 5.28. The summed E-state index contributed by atoms with van der Waals surface area (Å²) in [5, 5.41) is 12.3. The Hall–Kier alpha value is -2.63. The summed E-state index contributed by atoms with van der Waals surface area (Å²) in [5.74, 6) is -0.820. The fraction of sp³-hybridized carbons (Fsp3) is 0.267.